The lowest BCUT2D eigenvalue weighted by molar-refractivity contribution is -0.131. The number of carbonyl (C=O) groups is 2. The van der Waals surface area contributed by atoms with E-state index in [0.717, 1.165) is 44.3 Å². The van der Waals surface area contributed by atoms with Crippen LogP contribution >= 0.6 is 11.6 Å². The van der Waals surface area contributed by atoms with E-state index in [-0.39, 0.29) is 23.7 Å². The van der Waals surface area contributed by atoms with Gasteiger partial charge in [0.05, 0.1) is 17.3 Å². The van der Waals surface area contributed by atoms with Crippen molar-refractivity contribution < 1.29 is 14.0 Å². The Kier molecular flexibility index (Phi) is 6.40. The summed E-state index contributed by atoms with van der Waals surface area (Å²) >= 11 is 6.42. The van der Waals surface area contributed by atoms with Gasteiger partial charge in [-0.1, -0.05) is 29.5 Å². The number of hydrogen-bond acceptors (Lipinski definition) is 4. The summed E-state index contributed by atoms with van der Waals surface area (Å²) in [6, 6.07) is 7.97. The fourth-order valence-corrected chi connectivity index (χ4v) is 5.93. The first-order valence-corrected chi connectivity index (χ1v) is 13.3. The van der Waals surface area contributed by atoms with Crippen molar-refractivity contribution in [3.8, 4) is 11.8 Å². The van der Waals surface area contributed by atoms with Crippen molar-refractivity contribution in [2.45, 2.75) is 38.6 Å². The first-order chi connectivity index (χ1) is 18.4. The monoisotopic (exact) mass is 531 g/mol. The molecule has 7 nitrogen and oxygen atoms in total. The van der Waals surface area contributed by atoms with Gasteiger partial charge in [0.15, 0.2) is 0 Å². The number of rotatable bonds is 4. The molecule has 6 rings (SSSR count). The second-order valence-electron chi connectivity index (χ2n) is 10.6. The predicted molar refractivity (Wildman–Crippen MR) is 141 cm³/mol. The molecule has 0 spiro atoms. The highest BCUT2D eigenvalue weighted by molar-refractivity contribution is 6.34. The lowest BCUT2D eigenvalue weighted by Gasteiger charge is -2.20. The van der Waals surface area contributed by atoms with Crippen LogP contribution in [-0.2, 0) is 4.79 Å². The number of nitrogens with one attached hydrogen (secondary N) is 1. The Labute approximate surface area is 225 Å². The van der Waals surface area contributed by atoms with Gasteiger partial charge in [0, 0.05) is 36.3 Å². The lowest BCUT2D eigenvalue weighted by Crippen LogP contribution is -2.31. The van der Waals surface area contributed by atoms with E-state index >= 15 is 0 Å². The maximum absolute atomic E-state index is 13.4. The largest absolute Gasteiger partial charge is 0.342 e. The van der Waals surface area contributed by atoms with E-state index < -0.39 is 0 Å². The fourth-order valence-electron chi connectivity index (χ4n) is 5.72. The van der Waals surface area contributed by atoms with Gasteiger partial charge < -0.3 is 10.2 Å². The van der Waals surface area contributed by atoms with E-state index in [0.29, 0.717) is 45.4 Å². The minimum absolute atomic E-state index is 0.0611. The second-order valence-corrected chi connectivity index (χ2v) is 11.0. The SMILES string of the molecule is Cc1cc(C#Cc2cccc(F)c2)cnc1NC(=O)c1c(Cl)cnn1C1C[C@@H]2CN(C(=O)C3CC3)C[C@@H]2C1. The summed E-state index contributed by atoms with van der Waals surface area (Å²) in [5.41, 5.74) is 2.28. The molecule has 1 saturated heterocycles. The maximum Gasteiger partial charge on any atom is 0.276 e. The molecule has 1 aromatic carbocycles. The number of nitrogens with zero attached hydrogens (tertiary/aromatic N) is 4. The minimum Gasteiger partial charge on any atom is -0.342 e. The molecule has 3 aliphatic rings. The zero-order valence-electron chi connectivity index (χ0n) is 21.0. The van der Waals surface area contributed by atoms with Crippen LogP contribution < -0.4 is 5.32 Å². The Morgan fingerprint density at radius 1 is 1.08 bits per heavy atom. The number of likely N-dealkylation sites (tertiary alicyclic amines) is 1. The molecule has 2 saturated carbocycles. The highest BCUT2D eigenvalue weighted by Crippen LogP contribution is 2.46. The maximum atomic E-state index is 13.4. The third-order valence-corrected chi connectivity index (χ3v) is 8.04. The van der Waals surface area contributed by atoms with Gasteiger partial charge in [-0.25, -0.2) is 9.37 Å². The number of benzene rings is 1. The molecular weight excluding hydrogens is 505 g/mol. The van der Waals surface area contributed by atoms with Gasteiger partial charge in [0.1, 0.15) is 17.3 Å². The molecule has 1 N–H and O–H groups in total. The van der Waals surface area contributed by atoms with E-state index in [1.165, 1.54) is 18.3 Å². The Balaban J connectivity index is 1.13. The average molecular weight is 532 g/mol. The number of halogens is 2. The number of anilines is 1. The van der Waals surface area contributed by atoms with Crippen molar-refractivity contribution in [2.75, 3.05) is 18.4 Å². The first-order valence-electron chi connectivity index (χ1n) is 12.9. The molecule has 3 fully saturated rings. The predicted octanol–water partition coefficient (Wildman–Crippen LogP) is 4.85. The van der Waals surface area contributed by atoms with Gasteiger partial charge in [0.25, 0.3) is 5.91 Å². The quantitative estimate of drug-likeness (QED) is 0.488. The van der Waals surface area contributed by atoms with E-state index in [1.807, 2.05) is 17.9 Å². The summed E-state index contributed by atoms with van der Waals surface area (Å²) in [7, 11) is 0. The summed E-state index contributed by atoms with van der Waals surface area (Å²) in [5, 5.41) is 7.62. The second kappa shape index (κ2) is 9.88. The van der Waals surface area contributed by atoms with Crippen molar-refractivity contribution in [1.29, 1.82) is 0 Å². The van der Waals surface area contributed by atoms with Crippen LogP contribution in [0.15, 0.2) is 42.7 Å². The van der Waals surface area contributed by atoms with Crippen LogP contribution in [0.25, 0.3) is 0 Å². The average Bonchev–Trinajstić information content (AvgIpc) is 3.39. The third-order valence-electron chi connectivity index (χ3n) is 7.76. The summed E-state index contributed by atoms with van der Waals surface area (Å²) in [4.78, 5) is 32.2. The molecule has 3 atom stereocenters. The Hall–Kier alpha value is -3.70. The summed E-state index contributed by atoms with van der Waals surface area (Å²) in [6.07, 6.45) is 6.87. The smallest absolute Gasteiger partial charge is 0.276 e. The highest BCUT2D eigenvalue weighted by Gasteiger charge is 2.46. The Morgan fingerprint density at radius 3 is 2.50 bits per heavy atom. The molecule has 0 bridgehead atoms. The molecule has 0 radical (unpaired) electrons. The van der Waals surface area contributed by atoms with Crippen molar-refractivity contribution >= 4 is 29.2 Å². The molecule has 38 heavy (non-hydrogen) atoms. The lowest BCUT2D eigenvalue weighted by atomic mass is 10.0. The van der Waals surface area contributed by atoms with Gasteiger partial charge in [0.2, 0.25) is 5.91 Å². The number of fused-ring (bicyclic) bond motifs is 1. The normalized spacial score (nSPS) is 22.1. The van der Waals surface area contributed by atoms with Gasteiger partial charge in [-0.05, 0) is 74.3 Å². The molecule has 3 heterocycles. The Bertz CT molecular complexity index is 1470. The summed E-state index contributed by atoms with van der Waals surface area (Å²) < 4.78 is 15.1. The van der Waals surface area contributed by atoms with E-state index in [9.17, 15) is 14.0 Å². The number of aromatic nitrogens is 3. The molecular formula is C29H27ClFN5O2. The number of pyridine rings is 1. The topological polar surface area (TPSA) is 80.1 Å². The van der Waals surface area contributed by atoms with Crippen molar-refractivity contribution in [1.82, 2.24) is 19.7 Å². The molecule has 2 aromatic heterocycles. The number of hydrogen-bond donors (Lipinski definition) is 1. The molecule has 1 unspecified atom stereocenters. The van der Waals surface area contributed by atoms with Crippen LogP contribution in [0.1, 0.15) is 58.9 Å². The van der Waals surface area contributed by atoms with Crippen molar-refractivity contribution in [3.05, 3.63) is 75.9 Å². The van der Waals surface area contributed by atoms with E-state index in [4.69, 9.17) is 11.6 Å². The minimum atomic E-state index is -0.371. The van der Waals surface area contributed by atoms with Crippen LogP contribution in [0.2, 0.25) is 5.02 Å². The summed E-state index contributed by atoms with van der Waals surface area (Å²) in [6.45, 7) is 3.43. The van der Waals surface area contributed by atoms with Crippen molar-refractivity contribution in [3.63, 3.8) is 0 Å². The molecule has 9 heteroatoms. The fraction of sp³-hybridized carbons (Fsp3) is 0.379. The number of aryl methyl sites for hydroxylation is 1. The third kappa shape index (κ3) is 4.91. The highest BCUT2D eigenvalue weighted by atomic mass is 35.5. The van der Waals surface area contributed by atoms with Crippen LogP contribution in [0.4, 0.5) is 10.2 Å². The molecule has 2 amide bonds. The first kappa shape index (κ1) is 24.6. The van der Waals surface area contributed by atoms with Crippen molar-refractivity contribution in [2.24, 2.45) is 17.8 Å². The molecule has 2 aliphatic carbocycles. The van der Waals surface area contributed by atoms with Gasteiger partial charge in [-0.3, -0.25) is 14.3 Å². The molecule has 1 aliphatic heterocycles. The molecule has 3 aromatic rings. The standard InChI is InChI=1S/C29H27ClFN5O2/c1-17-9-19(6-5-18-3-2-4-23(31)10-18)13-32-27(17)34-28(37)26-25(30)14-33-36(26)24-11-21-15-35(16-22(21)12-24)29(38)20-7-8-20/h2-4,9-10,13-14,20-22,24H,7-8,11-12,15-16H2,1H3,(H,32,34,37)/t21-,22+,24?. The van der Waals surface area contributed by atoms with E-state index in [2.05, 4.69) is 27.2 Å². The van der Waals surface area contributed by atoms with E-state index in [1.54, 1.807) is 23.0 Å². The zero-order chi connectivity index (χ0) is 26.4. The van der Waals surface area contributed by atoms with Crippen LogP contribution in [0.3, 0.4) is 0 Å². The van der Waals surface area contributed by atoms with Crippen LogP contribution in [0, 0.1) is 42.3 Å². The zero-order valence-corrected chi connectivity index (χ0v) is 21.7. The van der Waals surface area contributed by atoms with Crippen LogP contribution in [-0.4, -0.2) is 44.6 Å². The number of carbonyl (C=O) groups excluding carboxylic acids is 2. The van der Waals surface area contributed by atoms with Crippen LogP contribution in [0.5, 0.6) is 0 Å². The van der Waals surface area contributed by atoms with Gasteiger partial charge in [-0.2, -0.15) is 5.10 Å². The summed E-state index contributed by atoms with van der Waals surface area (Å²) in [5.74, 6) is 7.01. The number of amides is 2. The Morgan fingerprint density at radius 2 is 1.82 bits per heavy atom. The molecule has 194 valence electrons. The van der Waals surface area contributed by atoms with Gasteiger partial charge >= 0.3 is 0 Å². The van der Waals surface area contributed by atoms with Gasteiger partial charge in [-0.15, -0.1) is 0 Å².